The third-order valence-corrected chi connectivity index (χ3v) is 2.44. The third kappa shape index (κ3) is 2.88. The molecule has 0 aliphatic rings. The summed E-state index contributed by atoms with van der Waals surface area (Å²) in [6.45, 7) is 8.92. The number of aromatic nitrogens is 2. The first kappa shape index (κ1) is 12.4. The van der Waals surface area contributed by atoms with Crippen LogP contribution in [0.5, 0.6) is 0 Å². The van der Waals surface area contributed by atoms with Gasteiger partial charge in [0.25, 0.3) is 0 Å². The first-order valence-corrected chi connectivity index (χ1v) is 5.23. The highest BCUT2D eigenvalue weighted by Crippen LogP contribution is 2.32. The minimum Gasteiger partial charge on any atom is -0.239 e. The third-order valence-electron chi connectivity index (χ3n) is 2.16. The van der Waals surface area contributed by atoms with E-state index in [-0.39, 0.29) is 10.6 Å². The Bertz CT molecular complexity index is 364. The Morgan fingerprint density at radius 1 is 1.13 bits per heavy atom. The Labute approximate surface area is 94.9 Å². The van der Waals surface area contributed by atoms with Crippen molar-refractivity contribution >= 4 is 11.6 Å². The van der Waals surface area contributed by atoms with Crippen molar-refractivity contribution in [1.29, 1.82) is 0 Å². The number of rotatable bonds is 1. The SMILES string of the molecule is CC(C)(C)c1cc(C(C)(C)F)c(Cl)nn1. The van der Waals surface area contributed by atoms with Gasteiger partial charge in [-0.2, -0.15) is 5.10 Å². The molecule has 2 nitrogen and oxygen atoms in total. The monoisotopic (exact) mass is 230 g/mol. The van der Waals surface area contributed by atoms with E-state index in [0.717, 1.165) is 5.69 Å². The lowest BCUT2D eigenvalue weighted by atomic mass is 9.89. The van der Waals surface area contributed by atoms with Crippen molar-refractivity contribution in [2.75, 3.05) is 0 Å². The minimum atomic E-state index is -1.49. The molecule has 0 fully saturated rings. The molecule has 0 aliphatic heterocycles. The van der Waals surface area contributed by atoms with E-state index in [0.29, 0.717) is 5.56 Å². The van der Waals surface area contributed by atoms with Gasteiger partial charge in [0.2, 0.25) is 0 Å². The summed E-state index contributed by atoms with van der Waals surface area (Å²) in [7, 11) is 0. The average Bonchev–Trinajstić information content (AvgIpc) is 2.00. The number of halogens is 2. The van der Waals surface area contributed by atoms with E-state index in [2.05, 4.69) is 10.2 Å². The van der Waals surface area contributed by atoms with Gasteiger partial charge in [0, 0.05) is 11.0 Å². The van der Waals surface area contributed by atoms with Gasteiger partial charge < -0.3 is 0 Å². The van der Waals surface area contributed by atoms with Crippen molar-refractivity contribution in [3.8, 4) is 0 Å². The van der Waals surface area contributed by atoms with Gasteiger partial charge >= 0.3 is 0 Å². The molecule has 0 bridgehead atoms. The van der Waals surface area contributed by atoms with Gasteiger partial charge in [-0.25, -0.2) is 4.39 Å². The Morgan fingerprint density at radius 2 is 1.67 bits per heavy atom. The van der Waals surface area contributed by atoms with Crippen molar-refractivity contribution in [3.05, 3.63) is 22.5 Å². The van der Waals surface area contributed by atoms with Crippen LogP contribution < -0.4 is 0 Å². The van der Waals surface area contributed by atoms with E-state index < -0.39 is 5.67 Å². The zero-order valence-corrected chi connectivity index (χ0v) is 10.5. The van der Waals surface area contributed by atoms with Crippen LogP contribution in [-0.4, -0.2) is 10.2 Å². The van der Waals surface area contributed by atoms with E-state index in [1.807, 2.05) is 20.8 Å². The summed E-state index contributed by atoms with van der Waals surface area (Å²) in [5.41, 5.74) is -0.512. The van der Waals surface area contributed by atoms with Crippen LogP contribution in [0.1, 0.15) is 45.9 Å². The van der Waals surface area contributed by atoms with Crippen molar-refractivity contribution < 1.29 is 4.39 Å². The highest BCUT2D eigenvalue weighted by molar-refractivity contribution is 6.30. The van der Waals surface area contributed by atoms with E-state index in [1.54, 1.807) is 6.07 Å². The fourth-order valence-electron chi connectivity index (χ4n) is 1.16. The smallest absolute Gasteiger partial charge is 0.158 e. The molecular formula is C11H16ClFN2. The first-order chi connectivity index (χ1) is 6.62. The van der Waals surface area contributed by atoms with Gasteiger partial charge in [-0.3, -0.25) is 0 Å². The lowest BCUT2D eigenvalue weighted by molar-refractivity contribution is 0.220. The summed E-state index contributed by atoms with van der Waals surface area (Å²) in [5.74, 6) is 0. The standard InChI is InChI=1S/C11H16ClFN2/c1-10(2,3)8-6-7(11(4,5)13)9(12)15-14-8/h6H,1-5H3. The predicted octanol–water partition coefficient (Wildman–Crippen LogP) is 3.63. The number of alkyl halides is 1. The molecule has 0 N–H and O–H groups in total. The quantitative estimate of drug-likeness (QED) is 0.736. The molecule has 15 heavy (non-hydrogen) atoms. The van der Waals surface area contributed by atoms with Crippen molar-refractivity contribution in [1.82, 2.24) is 10.2 Å². The Kier molecular flexibility index (Phi) is 3.06. The lowest BCUT2D eigenvalue weighted by Crippen LogP contribution is -2.18. The zero-order chi connectivity index (χ0) is 11.9. The molecule has 0 saturated carbocycles. The average molecular weight is 231 g/mol. The van der Waals surface area contributed by atoms with Gasteiger partial charge in [-0.15, -0.1) is 5.10 Å². The topological polar surface area (TPSA) is 25.8 Å². The van der Waals surface area contributed by atoms with Crippen molar-refractivity contribution in [2.24, 2.45) is 0 Å². The predicted molar refractivity (Wildman–Crippen MR) is 59.9 cm³/mol. The Hall–Kier alpha value is -0.700. The molecule has 1 aromatic heterocycles. The zero-order valence-electron chi connectivity index (χ0n) is 9.73. The van der Waals surface area contributed by atoms with Crippen LogP contribution >= 0.6 is 11.6 Å². The Morgan fingerprint density at radius 3 is 2.07 bits per heavy atom. The largest absolute Gasteiger partial charge is 0.239 e. The van der Waals surface area contributed by atoms with Crippen LogP contribution in [0.3, 0.4) is 0 Å². The number of hydrogen-bond donors (Lipinski definition) is 0. The fourth-order valence-corrected chi connectivity index (χ4v) is 1.48. The van der Waals surface area contributed by atoms with Crippen LogP contribution in [-0.2, 0) is 11.1 Å². The molecule has 0 unspecified atom stereocenters. The number of hydrogen-bond acceptors (Lipinski definition) is 2. The molecule has 1 aromatic rings. The van der Waals surface area contributed by atoms with Crippen LogP contribution in [0.2, 0.25) is 5.15 Å². The van der Waals surface area contributed by atoms with E-state index in [4.69, 9.17) is 11.6 Å². The molecule has 0 saturated heterocycles. The molecule has 0 radical (unpaired) electrons. The molecule has 0 aromatic carbocycles. The summed E-state index contributed by atoms with van der Waals surface area (Å²) in [5, 5.41) is 7.90. The molecule has 4 heteroatoms. The molecule has 84 valence electrons. The highest BCUT2D eigenvalue weighted by atomic mass is 35.5. The maximum absolute atomic E-state index is 13.8. The van der Waals surface area contributed by atoms with Gasteiger partial charge in [0.05, 0.1) is 5.69 Å². The van der Waals surface area contributed by atoms with Crippen LogP contribution in [0, 0.1) is 0 Å². The molecule has 0 amide bonds. The minimum absolute atomic E-state index is 0.135. The normalized spacial score (nSPS) is 13.0. The summed E-state index contributed by atoms with van der Waals surface area (Å²) in [6, 6.07) is 1.69. The van der Waals surface area contributed by atoms with Gasteiger partial charge in [-0.1, -0.05) is 32.4 Å². The van der Waals surface area contributed by atoms with Gasteiger partial charge in [0.1, 0.15) is 5.67 Å². The second kappa shape index (κ2) is 3.71. The maximum Gasteiger partial charge on any atom is 0.158 e. The molecule has 0 aliphatic carbocycles. The van der Waals surface area contributed by atoms with Crippen LogP contribution in [0.25, 0.3) is 0 Å². The summed E-state index contributed by atoms with van der Waals surface area (Å²) >= 11 is 5.82. The van der Waals surface area contributed by atoms with Gasteiger partial charge in [-0.05, 0) is 19.9 Å². The van der Waals surface area contributed by atoms with Crippen LogP contribution in [0.15, 0.2) is 6.07 Å². The second-order valence-electron chi connectivity index (χ2n) is 5.16. The van der Waals surface area contributed by atoms with Gasteiger partial charge in [0.15, 0.2) is 5.15 Å². The molecule has 0 atom stereocenters. The van der Waals surface area contributed by atoms with E-state index in [9.17, 15) is 4.39 Å². The summed E-state index contributed by atoms with van der Waals surface area (Å²) in [4.78, 5) is 0. The molecule has 1 heterocycles. The van der Waals surface area contributed by atoms with Crippen LogP contribution in [0.4, 0.5) is 4.39 Å². The summed E-state index contributed by atoms with van der Waals surface area (Å²) < 4.78 is 13.8. The highest BCUT2D eigenvalue weighted by Gasteiger charge is 2.26. The van der Waals surface area contributed by atoms with Crippen molar-refractivity contribution in [3.63, 3.8) is 0 Å². The van der Waals surface area contributed by atoms with Crippen molar-refractivity contribution in [2.45, 2.75) is 45.7 Å². The fraction of sp³-hybridized carbons (Fsp3) is 0.636. The summed E-state index contributed by atoms with van der Waals surface area (Å²) in [6.07, 6.45) is 0. The second-order valence-corrected chi connectivity index (χ2v) is 5.51. The first-order valence-electron chi connectivity index (χ1n) is 4.85. The lowest BCUT2D eigenvalue weighted by Gasteiger charge is -2.21. The van der Waals surface area contributed by atoms with E-state index in [1.165, 1.54) is 13.8 Å². The molecular weight excluding hydrogens is 215 g/mol. The molecule has 1 rings (SSSR count). The number of nitrogens with zero attached hydrogens (tertiary/aromatic N) is 2. The molecule has 0 spiro atoms. The van der Waals surface area contributed by atoms with E-state index >= 15 is 0 Å². The maximum atomic E-state index is 13.8. The Balaban J connectivity index is 3.30.